The Morgan fingerprint density at radius 2 is 2.07 bits per heavy atom. The first-order valence-electron chi connectivity index (χ1n) is 8.79. The number of nitrogens with zero attached hydrogens (tertiary/aromatic N) is 4. The molecule has 1 amide bonds. The third kappa shape index (κ3) is 3.39. The summed E-state index contributed by atoms with van der Waals surface area (Å²) in [5, 5.41) is 9.80. The Bertz CT molecular complexity index is 1020. The predicted octanol–water partition coefficient (Wildman–Crippen LogP) is 0.386. The lowest BCUT2D eigenvalue weighted by Crippen LogP contribution is -2.49. The summed E-state index contributed by atoms with van der Waals surface area (Å²) in [7, 11) is 1.56. The van der Waals surface area contributed by atoms with Crippen molar-refractivity contribution in [2.45, 2.75) is 24.0 Å². The zero-order chi connectivity index (χ0) is 19.1. The standard InChI is InChI=1S/C18H20N4O4S/c1-20-16(25)6-14(23)19-18(20)27-10-17(26)21-7-11-5-12(9-21)13-3-2-4-15(24)22(13)8-11/h2-4,6,11-12,23H,5,7-10H2,1H3. The molecule has 2 aromatic heterocycles. The van der Waals surface area contributed by atoms with Crippen LogP contribution in [0.25, 0.3) is 0 Å². The molecule has 2 atom stereocenters. The highest BCUT2D eigenvalue weighted by Gasteiger charge is 2.36. The van der Waals surface area contributed by atoms with Gasteiger partial charge in [0.25, 0.3) is 11.1 Å². The van der Waals surface area contributed by atoms with Crippen LogP contribution < -0.4 is 11.1 Å². The van der Waals surface area contributed by atoms with Crippen LogP contribution in [0.5, 0.6) is 5.88 Å². The number of carbonyl (C=O) groups excluding carboxylic acids is 1. The number of piperidine rings is 1. The van der Waals surface area contributed by atoms with Crippen LogP contribution in [-0.4, -0.2) is 48.9 Å². The van der Waals surface area contributed by atoms with Crippen molar-refractivity contribution in [3.05, 3.63) is 50.7 Å². The van der Waals surface area contributed by atoms with Crippen molar-refractivity contribution >= 4 is 17.7 Å². The van der Waals surface area contributed by atoms with Gasteiger partial charge in [0.2, 0.25) is 11.8 Å². The molecule has 142 valence electrons. The Kier molecular flexibility index (Phi) is 4.55. The minimum absolute atomic E-state index is 0.0217. The molecule has 1 fully saturated rings. The van der Waals surface area contributed by atoms with Crippen LogP contribution in [0.4, 0.5) is 0 Å². The molecule has 2 aromatic rings. The Morgan fingerprint density at radius 3 is 2.89 bits per heavy atom. The number of thioether (sulfide) groups is 1. The van der Waals surface area contributed by atoms with Gasteiger partial charge in [0.1, 0.15) is 0 Å². The van der Waals surface area contributed by atoms with E-state index in [0.717, 1.165) is 29.9 Å². The monoisotopic (exact) mass is 388 g/mol. The minimum Gasteiger partial charge on any atom is -0.493 e. The van der Waals surface area contributed by atoms with Crippen LogP contribution >= 0.6 is 11.8 Å². The van der Waals surface area contributed by atoms with Gasteiger partial charge in [-0.2, -0.15) is 4.98 Å². The first kappa shape index (κ1) is 17.8. The fourth-order valence-corrected chi connectivity index (χ4v) is 4.83. The van der Waals surface area contributed by atoms with E-state index in [0.29, 0.717) is 24.8 Å². The average molecular weight is 388 g/mol. The number of fused-ring (bicyclic) bond motifs is 4. The molecule has 1 saturated heterocycles. The second kappa shape index (κ2) is 6.88. The molecule has 4 heterocycles. The molecule has 1 N–H and O–H groups in total. The summed E-state index contributed by atoms with van der Waals surface area (Å²) in [5.41, 5.74) is 0.654. The van der Waals surface area contributed by atoms with Crippen LogP contribution in [-0.2, 0) is 18.4 Å². The maximum Gasteiger partial charge on any atom is 0.257 e. The highest BCUT2D eigenvalue weighted by Crippen LogP contribution is 2.35. The van der Waals surface area contributed by atoms with Crippen molar-refractivity contribution in [3.8, 4) is 5.88 Å². The van der Waals surface area contributed by atoms with Gasteiger partial charge in [-0.15, -0.1) is 0 Å². The number of hydrogen-bond donors (Lipinski definition) is 1. The number of hydrogen-bond acceptors (Lipinski definition) is 6. The van der Waals surface area contributed by atoms with E-state index >= 15 is 0 Å². The second-order valence-corrected chi connectivity index (χ2v) is 8.02. The molecule has 2 bridgehead atoms. The number of likely N-dealkylation sites (tertiary alicyclic amines) is 1. The number of amides is 1. The molecule has 27 heavy (non-hydrogen) atoms. The highest BCUT2D eigenvalue weighted by molar-refractivity contribution is 7.99. The SMILES string of the molecule is Cn1c(SCC(=O)N2CC3CC(C2)c2cccc(=O)n2C3)nc(O)cc1=O. The molecule has 2 aliphatic heterocycles. The highest BCUT2D eigenvalue weighted by atomic mass is 32.2. The van der Waals surface area contributed by atoms with E-state index in [1.54, 1.807) is 19.2 Å². The molecule has 0 aromatic carbocycles. The van der Waals surface area contributed by atoms with Gasteiger partial charge in [-0.25, -0.2) is 0 Å². The maximum absolute atomic E-state index is 12.7. The fourth-order valence-electron chi connectivity index (χ4n) is 3.95. The summed E-state index contributed by atoms with van der Waals surface area (Å²) < 4.78 is 3.15. The van der Waals surface area contributed by atoms with E-state index in [1.165, 1.54) is 4.57 Å². The molecule has 8 nitrogen and oxygen atoms in total. The Labute approximate surface area is 159 Å². The summed E-state index contributed by atoms with van der Waals surface area (Å²) in [6, 6.07) is 6.37. The first-order chi connectivity index (χ1) is 12.9. The summed E-state index contributed by atoms with van der Waals surface area (Å²) in [5.74, 6) is 0.212. The lowest BCUT2D eigenvalue weighted by atomic mass is 9.83. The van der Waals surface area contributed by atoms with Gasteiger partial charge in [-0.3, -0.25) is 19.0 Å². The van der Waals surface area contributed by atoms with Crippen molar-refractivity contribution in [2.75, 3.05) is 18.8 Å². The molecule has 0 aliphatic carbocycles. The summed E-state index contributed by atoms with van der Waals surface area (Å²) in [4.78, 5) is 42.3. The minimum atomic E-state index is -0.369. The molecular formula is C18H20N4O4S. The van der Waals surface area contributed by atoms with Gasteiger partial charge >= 0.3 is 0 Å². The molecule has 2 aliphatic rings. The van der Waals surface area contributed by atoms with Gasteiger partial charge in [0.15, 0.2) is 5.16 Å². The van der Waals surface area contributed by atoms with Gasteiger partial charge in [-0.05, 0) is 18.4 Å². The third-order valence-corrected chi connectivity index (χ3v) is 6.25. The number of aromatic hydroxyl groups is 1. The molecule has 0 saturated carbocycles. The molecule has 0 radical (unpaired) electrons. The maximum atomic E-state index is 12.7. The van der Waals surface area contributed by atoms with Crippen LogP contribution in [0.2, 0.25) is 0 Å². The van der Waals surface area contributed by atoms with Crippen LogP contribution in [0.1, 0.15) is 18.0 Å². The number of aromatic nitrogens is 3. The lowest BCUT2D eigenvalue weighted by molar-refractivity contribution is -0.131. The van der Waals surface area contributed by atoms with Gasteiger partial charge in [0.05, 0.1) is 11.8 Å². The van der Waals surface area contributed by atoms with Gasteiger partial charge in [0, 0.05) is 44.4 Å². The first-order valence-corrected chi connectivity index (χ1v) is 9.78. The Balaban J connectivity index is 1.47. The average Bonchev–Trinajstić information content (AvgIpc) is 2.64. The van der Waals surface area contributed by atoms with Gasteiger partial charge in [-0.1, -0.05) is 17.8 Å². The van der Waals surface area contributed by atoms with E-state index in [-0.39, 0.29) is 40.5 Å². The van der Waals surface area contributed by atoms with Crippen molar-refractivity contribution < 1.29 is 9.90 Å². The lowest BCUT2D eigenvalue weighted by Gasteiger charge is -2.42. The third-order valence-electron chi connectivity index (χ3n) is 5.24. The largest absolute Gasteiger partial charge is 0.493 e. The summed E-state index contributed by atoms with van der Waals surface area (Å²) in [6.07, 6.45) is 0.989. The molecule has 2 unspecified atom stereocenters. The number of rotatable bonds is 3. The number of carbonyl (C=O) groups is 1. The van der Waals surface area contributed by atoms with Crippen molar-refractivity contribution in [1.29, 1.82) is 0 Å². The predicted molar refractivity (Wildman–Crippen MR) is 100.0 cm³/mol. The number of pyridine rings is 1. The normalized spacial score (nSPS) is 21.0. The van der Waals surface area contributed by atoms with Crippen LogP contribution in [0.15, 0.2) is 39.0 Å². The van der Waals surface area contributed by atoms with E-state index in [9.17, 15) is 19.5 Å². The van der Waals surface area contributed by atoms with E-state index in [4.69, 9.17) is 0 Å². The molecule has 0 spiro atoms. The topological polar surface area (TPSA) is 97.4 Å². The fraction of sp³-hybridized carbons (Fsp3) is 0.444. The van der Waals surface area contributed by atoms with E-state index in [1.807, 2.05) is 15.5 Å². The van der Waals surface area contributed by atoms with Crippen molar-refractivity contribution in [3.63, 3.8) is 0 Å². The molecule has 4 rings (SSSR count). The van der Waals surface area contributed by atoms with E-state index in [2.05, 4.69) is 4.98 Å². The van der Waals surface area contributed by atoms with Crippen LogP contribution in [0.3, 0.4) is 0 Å². The second-order valence-electron chi connectivity index (χ2n) is 7.08. The summed E-state index contributed by atoms with van der Waals surface area (Å²) >= 11 is 1.14. The molecular weight excluding hydrogens is 368 g/mol. The Morgan fingerprint density at radius 1 is 1.26 bits per heavy atom. The van der Waals surface area contributed by atoms with Crippen molar-refractivity contribution in [2.24, 2.45) is 13.0 Å². The van der Waals surface area contributed by atoms with Crippen molar-refractivity contribution in [1.82, 2.24) is 19.0 Å². The quantitative estimate of drug-likeness (QED) is 0.603. The zero-order valence-electron chi connectivity index (χ0n) is 14.9. The molecule has 9 heteroatoms. The smallest absolute Gasteiger partial charge is 0.257 e. The zero-order valence-corrected chi connectivity index (χ0v) is 15.7. The van der Waals surface area contributed by atoms with E-state index < -0.39 is 0 Å². The van der Waals surface area contributed by atoms with Gasteiger partial charge < -0.3 is 14.6 Å². The summed E-state index contributed by atoms with van der Waals surface area (Å²) in [6.45, 7) is 1.86. The Hall–Kier alpha value is -2.55. The van der Waals surface area contributed by atoms with Crippen LogP contribution in [0, 0.1) is 5.92 Å².